The summed E-state index contributed by atoms with van der Waals surface area (Å²) >= 11 is 8.52. The van der Waals surface area contributed by atoms with E-state index in [1.807, 2.05) is 13.8 Å². The van der Waals surface area contributed by atoms with Crippen molar-refractivity contribution in [1.29, 1.82) is 0 Å². The molecule has 8 nitrogen and oxygen atoms in total. The molecular formula is C21H20ClN3O5S2. The number of carbonyl (C=O) groups is 2. The van der Waals surface area contributed by atoms with E-state index in [2.05, 4.69) is 15.5 Å². The van der Waals surface area contributed by atoms with Crippen LogP contribution in [0.1, 0.15) is 42.8 Å². The van der Waals surface area contributed by atoms with Crippen molar-refractivity contribution in [2.24, 2.45) is 5.92 Å². The monoisotopic (exact) mass is 493 g/mol. The molecule has 0 saturated carbocycles. The van der Waals surface area contributed by atoms with Gasteiger partial charge in [-0.05, 0) is 25.0 Å². The first-order valence-corrected chi connectivity index (χ1v) is 11.9. The molecule has 0 unspecified atom stereocenters. The number of nitrogens with zero attached hydrogens (tertiary/aromatic N) is 2. The van der Waals surface area contributed by atoms with Gasteiger partial charge in [-0.3, -0.25) is 9.59 Å². The number of rotatable bonds is 9. The minimum atomic E-state index is -0.748. The van der Waals surface area contributed by atoms with Crippen molar-refractivity contribution in [3.05, 3.63) is 63.2 Å². The van der Waals surface area contributed by atoms with Crippen LogP contribution in [0.2, 0.25) is 5.02 Å². The van der Waals surface area contributed by atoms with Crippen molar-refractivity contribution in [2.75, 3.05) is 5.32 Å². The zero-order valence-electron chi connectivity index (χ0n) is 17.3. The molecule has 0 fully saturated rings. The molecule has 168 valence electrons. The van der Waals surface area contributed by atoms with Crippen LogP contribution in [-0.2, 0) is 10.5 Å². The average Bonchev–Trinajstić information content (AvgIpc) is 3.22. The maximum Gasteiger partial charge on any atom is 0.345 e. The van der Waals surface area contributed by atoms with Gasteiger partial charge in [0.15, 0.2) is 4.34 Å². The maximum atomic E-state index is 12.3. The van der Waals surface area contributed by atoms with Crippen LogP contribution in [-0.4, -0.2) is 22.1 Å². The Hall–Kier alpha value is -2.69. The van der Waals surface area contributed by atoms with E-state index in [9.17, 15) is 14.4 Å². The number of hydrogen-bond acceptors (Lipinski definition) is 9. The summed E-state index contributed by atoms with van der Waals surface area (Å²) in [5.41, 5.74) is -0.348. The molecule has 2 aromatic heterocycles. The number of esters is 1. The number of carbonyl (C=O) groups excluding carboxylic acids is 2. The number of halogens is 1. The highest BCUT2D eigenvalue weighted by Gasteiger charge is 2.17. The molecule has 2 heterocycles. The van der Waals surface area contributed by atoms with Crippen LogP contribution in [0.15, 0.2) is 50.1 Å². The third-order valence-electron chi connectivity index (χ3n) is 4.48. The molecule has 3 aromatic rings. The molecule has 0 radical (unpaired) electrons. The van der Waals surface area contributed by atoms with Crippen molar-refractivity contribution in [3.8, 4) is 5.75 Å². The van der Waals surface area contributed by atoms with Crippen LogP contribution in [0.3, 0.4) is 0 Å². The topological polar surface area (TPSA) is 111 Å². The smallest absolute Gasteiger partial charge is 0.345 e. The molecule has 1 N–H and O–H groups in total. The van der Waals surface area contributed by atoms with Gasteiger partial charge in [0.05, 0.1) is 16.3 Å². The molecule has 3 rings (SSSR count). The number of nitrogens with one attached hydrogen (secondary N) is 1. The standard InChI is InChI=1S/C21H20ClN3O5S2/c1-3-12(4-2)18(27)23-20-24-25-21(32-20)31-11-13-9-16(26)17(10-29-13)30-19(28)14-7-5-6-8-15(14)22/h5-10,12H,3-4,11H2,1-2H3,(H,23,24,27). The number of ether oxygens (including phenoxy) is 1. The Morgan fingerprint density at radius 3 is 2.69 bits per heavy atom. The van der Waals surface area contributed by atoms with E-state index in [-0.39, 0.29) is 28.2 Å². The molecule has 0 aliphatic rings. The largest absolute Gasteiger partial charge is 0.464 e. The predicted molar refractivity (Wildman–Crippen MR) is 124 cm³/mol. The average molecular weight is 494 g/mol. The first kappa shape index (κ1) is 24.0. The summed E-state index contributed by atoms with van der Waals surface area (Å²) in [4.78, 5) is 36.7. The van der Waals surface area contributed by atoms with Crippen molar-refractivity contribution < 1.29 is 18.7 Å². The molecule has 0 aliphatic carbocycles. The quantitative estimate of drug-likeness (QED) is 0.251. The van der Waals surface area contributed by atoms with Gasteiger partial charge in [0.25, 0.3) is 0 Å². The number of anilines is 1. The normalized spacial score (nSPS) is 10.9. The lowest BCUT2D eigenvalue weighted by Crippen LogP contribution is -2.21. The van der Waals surface area contributed by atoms with E-state index < -0.39 is 11.4 Å². The first-order valence-electron chi connectivity index (χ1n) is 9.76. The molecule has 0 atom stereocenters. The van der Waals surface area contributed by atoms with Crippen LogP contribution >= 0.6 is 34.7 Å². The van der Waals surface area contributed by atoms with Crippen molar-refractivity contribution >= 4 is 51.7 Å². The van der Waals surface area contributed by atoms with E-state index >= 15 is 0 Å². The lowest BCUT2D eigenvalue weighted by Gasteiger charge is -2.09. The van der Waals surface area contributed by atoms with Crippen LogP contribution < -0.4 is 15.5 Å². The highest BCUT2D eigenvalue weighted by molar-refractivity contribution is 8.00. The molecule has 11 heteroatoms. The van der Waals surface area contributed by atoms with Crippen LogP contribution in [0, 0.1) is 5.92 Å². The Bertz CT molecular complexity index is 1160. The van der Waals surface area contributed by atoms with Crippen LogP contribution in [0.25, 0.3) is 0 Å². The van der Waals surface area contributed by atoms with Crippen molar-refractivity contribution in [3.63, 3.8) is 0 Å². The Kier molecular flexibility index (Phi) is 8.43. The summed E-state index contributed by atoms with van der Waals surface area (Å²) in [5, 5.41) is 11.4. The third-order valence-corrected chi connectivity index (χ3v) is 6.80. The number of thioether (sulfide) groups is 1. The number of hydrogen-bond donors (Lipinski definition) is 1. The summed E-state index contributed by atoms with van der Waals surface area (Å²) < 4.78 is 11.1. The van der Waals surface area contributed by atoms with E-state index in [1.54, 1.807) is 18.2 Å². The minimum Gasteiger partial charge on any atom is -0.464 e. The summed E-state index contributed by atoms with van der Waals surface area (Å²) in [6, 6.07) is 7.63. The minimum absolute atomic E-state index is 0.0604. The molecule has 0 bridgehead atoms. The van der Waals surface area contributed by atoms with Crippen molar-refractivity contribution in [2.45, 2.75) is 36.8 Å². The van der Waals surface area contributed by atoms with E-state index in [1.165, 1.54) is 35.2 Å². The van der Waals surface area contributed by atoms with Gasteiger partial charge in [-0.1, -0.05) is 60.7 Å². The van der Waals surface area contributed by atoms with Gasteiger partial charge >= 0.3 is 5.97 Å². The molecular weight excluding hydrogens is 474 g/mol. The summed E-state index contributed by atoms with van der Waals surface area (Å²) in [6.45, 7) is 3.93. The van der Waals surface area contributed by atoms with Gasteiger partial charge in [-0.2, -0.15) is 0 Å². The lowest BCUT2D eigenvalue weighted by molar-refractivity contribution is -0.120. The van der Waals surface area contributed by atoms with E-state index in [0.29, 0.717) is 21.0 Å². The van der Waals surface area contributed by atoms with Crippen molar-refractivity contribution in [1.82, 2.24) is 10.2 Å². The van der Waals surface area contributed by atoms with Crippen LogP contribution in [0.4, 0.5) is 5.13 Å². The maximum absolute atomic E-state index is 12.3. The molecule has 0 spiro atoms. The highest BCUT2D eigenvalue weighted by atomic mass is 35.5. The van der Waals surface area contributed by atoms with Gasteiger partial charge < -0.3 is 14.5 Å². The van der Waals surface area contributed by atoms with Gasteiger partial charge in [-0.25, -0.2) is 4.79 Å². The second-order valence-corrected chi connectivity index (χ2v) is 9.22. The highest BCUT2D eigenvalue weighted by Crippen LogP contribution is 2.29. The molecule has 32 heavy (non-hydrogen) atoms. The number of benzene rings is 1. The Balaban J connectivity index is 1.58. The van der Waals surface area contributed by atoms with Crippen LogP contribution in [0.5, 0.6) is 5.75 Å². The molecule has 1 aromatic carbocycles. The van der Waals surface area contributed by atoms with Gasteiger partial charge in [0.1, 0.15) is 12.0 Å². The second kappa shape index (κ2) is 11.3. The zero-order chi connectivity index (χ0) is 23.1. The number of aromatic nitrogens is 2. The SMILES string of the molecule is CCC(CC)C(=O)Nc1nnc(SCc2cc(=O)c(OC(=O)c3ccccc3Cl)co2)s1. The lowest BCUT2D eigenvalue weighted by atomic mass is 10.0. The molecule has 0 aliphatic heterocycles. The predicted octanol–water partition coefficient (Wildman–Crippen LogP) is 5.03. The Morgan fingerprint density at radius 2 is 2.00 bits per heavy atom. The Morgan fingerprint density at radius 1 is 1.25 bits per heavy atom. The van der Waals surface area contributed by atoms with Gasteiger partial charge in [-0.15, -0.1) is 10.2 Å². The van der Waals surface area contributed by atoms with E-state index in [0.717, 1.165) is 19.1 Å². The fourth-order valence-electron chi connectivity index (χ4n) is 2.69. The fourth-order valence-corrected chi connectivity index (χ4v) is 4.55. The first-order chi connectivity index (χ1) is 15.4. The van der Waals surface area contributed by atoms with Gasteiger partial charge in [0, 0.05) is 12.0 Å². The third kappa shape index (κ3) is 6.18. The summed E-state index contributed by atoms with van der Waals surface area (Å²) in [7, 11) is 0. The van der Waals surface area contributed by atoms with E-state index in [4.69, 9.17) is 20.8 Å². The summed E-state index contributed by atoms with van der Waals surface area (Å²) in [6.07, 6.45) is 2.60. The fraction of sp³-hybridized carbons (Fsp3) is 0.286. The number of amides is 1. The zero-order valence-corrected chi connectivity index (χ0v) is 19.7. The molecule has 0 saturated heterocycles. The second-order valence-electron chi connectivity index (χ2n) is 6.61. The molecule has 1 amide bonds. The Labute approximate surface area is 197 Å². The summed E-state index contributed by atoms with van der Waals surface area (Å²) in [5.74, 6) is -0.433. The van der Waals surface area contributed by atoms with Gasteiger partial charge in [0.2, 0.25) is 22.2 Å².